The topological polar surface area (TPSA) is 55.1 Å². The van der Waals surface area contributed by atoms with Crippen LogP contribution in [0.4, 0.5) is 4.39 Å². The molecule has 0 unspecified atom stereocenters. The van der Waals surface area contributed by atoms with Gasteiger partial charge in [0.15, 0.2) is 5.69 Å². The van der Waals surface area contributed by atoms with Crippen LogP contribution in [-0.4, -0.2) is 20.9 Å². The molecule has 1 aromatic heterocycles. The van der Waals surface area contributed by atoms with Gasteiger partial charge in [-0.05, 0) is 55.5 Å². The number of aromatic nitrogens is 2. The Kier molecular flexibility index (Phi) is 3.64. The number of rotatable bonds is 4. The fourth-order valence-electron chi connectivity index (χ4n) is 3.14. The van der Waals surface area contributed by atoms with E-state index in [2.05, 4.69) is 17.2 Å². The van der Waals surface area contributed by atoms with Crippen LogP contribution >= 0.6 is 0 Å². The molecule has 1 N–H and O–H groups in total. The Morgan fingerprint density at radius 1 is 1.12 bits per heavy atom. The van der Waals surface area contributed by atoms with Crippen LogP contribution in [0.25, 0.3) is 16.9 Å². The molecule has 1 fully saturated rings. The number of hydrogen-bond donors (Lipinski definition) is 1. The lowest BCUT2D eigenvalue weighted by molar-refractivity contribution is 0.0689. The summed E-state index contributed by atoms with van der Waals surface area (Å²) in [6.07, 6.45) is 2.46. The first-order valence-corrected chi connectivity index (χ1v) is 8.24. The van der Waals surface area contributed by atoms with E-state index in [1.807, 2.05) is 12.1 Å². The second kappa shape index (κ2) is 5.84. The standard InChI is InChI=1S/C20H17FN2O2/c1-12-18(20(24)25)22-23(17-10-8-16(21)9-11-17)19(12)15-6-4-14(5-7-15)13-2-3-13/h4-11,13H,2-3H2,1H3,(H,24,25). The van der Waals surface area contributed by atoms with Crippen LogP contribution in [0.3, 0.4) is 0 Å². The molecular weight excluding hydrogens is 319 g/mol. The zero-order valence-corrected chi connectivity index (χ0v) is 13.7. The monoisotopic (exact) mass is 336 g/mol. The Bertz CT molecular complexity index is 939. The molecule has 0 radical (unpaired) electrons. The lowest BCUT2D eigenvalue weighted by Crippen LogP contribution is -2.02. The van der Waals surface area contributed by atoms with Gasteiger partial charge in [0.1, 0.15) is 5.82 Å². The van der Waals surface area contributed by atoms with Crippen LogP contribution in [0.5, 0.6) is 0 Å². The number of carboxylic acid groups (broad SMARTS) is 1. The molecule has 1 saturated carbocycles. The van der Waals surface area contributed by atoms with E-state index in [-0.39, 0.29) is 11.5 Å². The molecule has 4 rings (SSSR count). The molecule has 126 valence electrons. The third-order valence-electron chi connectivity index (χ3n) is 4.63. The minimum Gasteiger partial charge on any atom is -0.476 e. The van der Waals surface area contributed by atoms with Crippen molar-refractivity contribution in [1.82, 2.24) is 9.78 Å². The van der Waals surface area contributed by atoms with Crippen molar-refractivity contribution in [3.8, 4) is 16.9 Å². The van der Waals surface area contributed by atoms with Crippen molar-refractivity contribution in [2.24, 2.45) is 0 Å². The van der Waals surface area contributed by atoms with Crippen LogP contribution in [0.2, 0.25) is 0 Å². The lowest BCUT2D eigenvalue weighted by Gasteiger charge is -2.09. The van der Waals surface area contributed by atoms with E-state index >= 15 is 0 Å². The first-order valence-electron chi connectivity index (χ1n) is 8.24. The van der Waals surface area contributed by atoms with Gasteiger partial charge in [0, 0.05) is 11.1 Å². The van der Waals surface area contributed by atoms with Crippen LogP contribution in [0.15, 0.2) is 48.5 Å². The maximum atomic E-state index is 13.2. The van der Waals surface area contributed by atoms with Gasteiger partial charge in [0.05, 0.1) is 11.4 Å². The Morgan fingerprint density at radius 3 is 2.32 bits per heavy atom. The molecule has 0 atom stereocenters. The molecule has 2 aromatic carbocycles. The molecule has 3 aromatic rings. The normalized spacial score (nSPS) is 13.8. The van der Waals surface area contributed by atoms with Gasteiger partial charge in [-0.2, -0.15) is 5.10 Å². The third-order valence-corrected chi connectivity index (χ3v) is 4.63. The minimum absolute atomic E-state index is 0.00518. The van der Waals surface area contributed by atoms with E-state index in [9.17, 15) is 14.3 Å². The van der Waals surface area contributed by atoms with Crippen molar-refractivity contribution in [2.45, 2.75) is 25.7 Å². The molecule has 1 aliphatic carbocycles. The van der Waals surface area contributed by atoms with Gasteiger partial charge in [0.2, 0.25) is 0 Å². The highest BCUT2D eigenvalue weighted by Crippen LogP contribution is 2.40. The van der Waals surface area contributed by atoms with E-state index < -0.39 is 5.97 Å². The first kappa shape index (κ1) is 15.6. The second-order valence-electron chi connectivity index (χ2n) is 6.41. The van der Waals surface area contributed by atoms with Crippen LogP contribution < -0.4 is 0 Å². The third kappa shape index (κ3) is 2.82. The molecule has 5 heteroatoms. The average Bonchev–Trinajstić information content (AvgIpc) is 3.39. The number of carboxylic acids is 1. The number of aromatic carboxylic acids is 1. The molecule has 4 nitrogen and oxygen atoms in total. The largest absolute Gasteiger partial charge is 0.476 e. The summed E-state index contributed by atoms with van der Waals surface area (Å²) >= 11 is 0. The fourth-order valence-corrected chi connectivity index (χ4v) is 3.14. The van der Waals surface area contributed by atoms with E-state index in [0.717, 1.165) is 5.56 Å². The number of benzene rings is 2. The molecule has 0 saturated heterocycles. The van der Waals surface area contributed by atoms with Gasteiger partial charge in [-0.1, -0.05) is 24.3 Å². The maximum absolute atomic E-state index is 13.2. The quantitative estimate of drug-likeness (QED) is 0.760. The van der Waals surface area contributed by atoms with Crippen molar-refractivity contribution in [3.63, 3.8) is 0 Å². The molecule has 0 spiro atoms. The molecule has 0 bridgehead atoms. The molecule has 1 aliphatic rings. The Hall–Kier alpha value is -2.95. The summed E-state index contributed by atoms with van der Waals surface area (Å²) in [5.41, 5.74) is 4.14. The van der Waals surface area contributed by atoms with Gasteiger partial charge in [-0.25, -0.2) is 13.9 Å². The Balaban J connectivity index is 1.86. The van der Waals surface area contributed by atoms with Gasteiger partial charge < -0.3 is 5.11 Å². The molecule has 25 heavy (non-hydrogen) atoms. The van der Waals surface area contributed by atoms with Crippen LogP contribution in [0.1, 0.15) is 40.4 Å². The SMILES string of the molecule is Cc1c(C(=O)O)nn(-c2ccc(F)cc2)c1-c1ccc(C2CC2)cc1. The number of halogens is 1. The smallest absolute Gasteiger partial charge is 0.356 e. The van der Waals surface area contributed by atoms with E-state index in [1.165, 1.54) is 30.5 Å². The Morgan fingerprint density at radius 2 is 1.76 bits per heavy atom. The first-order chi connectivity index (χ1) is 12.0. The van der Waals surface area contributed by atoms with Crippen molar-refractivity contribution >= 4 is 5.97 Å². The summed E-state index contributed by atoms with van der Waals surface area (Å²) in [5, 5.41) is 13.7. The van der Waals surface area contributed by atoms with Crippen LogP contribution in [-0.2, 0) is 0 Å². The number of carbonyl (C=O) groups is 1. The molecular formula is C20H17FN2O2. The summed E-state index contributed by atoms with van der Waals surface area (Å²) in [7, 11) is 0. The van der Waals surface area contributed by atoms with E-state index in [4.69, 9.17) is 0 Å². The highest BCUT2D eigenvalue weighted by molar-refractivity contribution is 5.90. The summed E-state index contributed by atoms with van der Waals surface area (Å²) in [6, 6.07) is 14.1. The van der Waals surface area contributed by atoms with Crippen LogP contribution in [0, 0.1) is 12.7 Å². The molecule has 0 aliphatic heterocycles. The summed E-state index contributed by atoms with van der Waals surface area (Å²) in [5.74, 6) is -0.762. The van der Waals surface area contributed by atoms with Gasteiger partial charge >= 0.3 is 5.97 Å². The molecule has 0 amide bonds. The summed E-state index contributed by atoms with van der Waals surface area (Å²) < 4.78 is 14.8. The number of nitrogens with zero attached hydrogens (tertiary/aromatic N) is 2. The average molecular weight is 336 g/mol. The van der Waals surface area contributed by atoms with Gasteiger partial charge in [-0.3, -0.25) is 0 Å². The lowest BCUT2D eigenvalue weighted by atomic mass is 10.0. The number of hydrogen-bond acceptors (Lipinski definition) is 2. The predicted octanol–water partition coefficient (Wildman–Crippen LogP) is 4.56. The van der Waals surface area contributed by atoms with Gasteiger partial charge in [-0.15, -0.1) is 0 Å². The van der Waals surface area contributed by atoms with Gasteiger partial charge in [0.25, 0.3) is 0 Å². The zero-order valence-electron chi connectivity index (χ0n) is 13.7. The Labute approximate surface area is 144 Å². The molecule has 1 heterocycles. The maximum Gasteiger partial charge on any atom is 0.356 e. The van der Waals surface area contributed by atoms with Crippen molar-refractivity contribution in [1.29, 1.82) is 0 Å². The summed E-state index contributed by atoms with van der Waals surface area (Å²) in [4.78, 5) is 11.5. The van der Waals surface area contributed by atoms with E-state index in [0.29, 0.717) is 22.9 Å². The fraction of sp³-hybridized carbons (Fsp3) is 0.200. The zero-order chi connectivity index (χ0) is 17.6. The van der Waals surface area contributed by atoms with Crippen molar-refractivity contribution < 1.29 is 14.3 Å². The highest BCUT2D eigenvalue weighted by atomic mass is 19.1. The minimum atomic E-state index is -1.07. The highest BCUT2D eigenvalue weighted by Gasteiger charge is 2.25. The predicted molar refractivity (Wildman–Crippen MR) is 92.6 cm³/mol. The van der Waals surface area contributed by atoms with Crippen molar-refractivity contribution in [3.05, 3.63) is 71.2 Å². The second-order valence-corrected chi connectivity index (χ2v) is 6.41. The van der Waals surface area contributed by atoms with E-state index in [1.54, 1.807) is 23.7 Å². The summed E-state index contributed by atoms with van der Waals surface area (Å²) in [6.45, 7) is 1.75. The van der Waals surface area contributed by atoms with Crippen molar-refractivity contribution in [2.75, 3.05) is 0 Å².